The van der Waals surface area contributed by atoms with Gasteiger partial charge in [0.1, 0.15) is 6.10 Å². The van der Waals surface area contributed by atoms with Gasteiger partial charge in [0.05, 0.1) is 6.54 Å². The zero-order valence-electron chi connectivity index (χ0n) is 10.6. The molecule has 0 aromatic heterocycles. The van der Waals surface area contributed by atoms with Gasteiger partial charge in [-0.2, -0.15) is 0 Å². The number of cyclic esters (lactones) is 1. The van der Waals surface area contributed by atoms with Gasteiger partial charge in [0.25, 0.3) is 0 Å². The lowest BCUT2D eigenvalue weighted by Gasteiger charge is -2.36. The van der Waals surface area contributed by atoms with E-state index in [4.69, 9.17) is 4.74 Å². The zero-order valence-corrected chi connectivity index (χ0v) is 10.6. The SMILES string of the molecule is CCNCC1CCCCN1CC1CNC(=O)O1. The molecular formula is C12H23N3O2. The van der Waals surface area contributed by atoms with E-state index in [1.54, 1.807) is 0 Å². The first-order chi connectivity index (χ1) is 8.29. The second-order valence-electron chi connectivity index (χ2n) is 4.86. The largest absolute Gasteiger partial charge is 0.443 e. The molecule has 0 bridgehead atoms. The van der Waals surface area contributed by atoms with Crippen molar-refractivity contribution in [2.75, 3.05) is 32.7 Å². The molecule has 2 unspecified atom stereocenters. The fourth-order valence-corrected chi connectivity index (χ4v) is 2.64. The van der Waals surface area contributed by atoms with Crippen LogP contribution in [-0.2, 0) is 4.74 Å². The summed E-state index contributed by atoms with van der Waals surface area (Å²) in [5.41, 5.74) is 0. The summed E-state index contributed by atoms with van der Waals surface area (Å²) in [6.45, 7) is 6.85. The molecule has 5 heteroatoms. The average molecular weight is 241 g/mol. The maximum Gasteiger partial charge on any atom is 0.407 e. The lowest BCUT2D eigenvalue weighted by atomic mass is 10.0. The number of ether oxygens (including phenoxy) is 1. The van der Waals surface area contributed by atoms with Crippen molar-refractivity contribution in [3.63, 3.8) is 0 Å². The predicted octanol–water partition coefficient (Wildman–Crippen LogP) is 0.559. The topological polar surface area (TPSA) is 53.6 Å². The molecule has 2 N–H and O–H groups in total. The Labute approximate surface area is 103 Å². The standard InChI is InChI=1S/C12H23N3O2/c1-2-13-7-10-5-3-4-6-15(10)9-11-8-14-12(16)17-11/h10-11,13H,2-9H2,1H3,(H,14,16). The van der Waals surface area contributed by atoms with Crippen LogP contribution >= 0.6 is 0 Å². The fourth-order valence-electron chi connectivity index (χ4n) is 2.64. The Hall–Kier alpha value is -0.810. The minimum absolute atomic E-state index is 0.0322. The van der Waals surface area contributed by atoms with Crippen LogP contribution < -0.4 is 10.6 Å². The first-order valence-corrected chi connectivity index (χ1v) is 6.69. The van der Waals surface area contributed by atoms with Gasteiger partial charge in [-0.05, 0) is 25.9 Å². The lowest BCUT2D eigenvalue weighted by molar-refractivity contribution is 0.0726. The second kappa shape index (κ2) is 6.21. The molecule has 0 aliphatic carbocycles. The van der Waals surface area contributed by atoms with Crippen LogP contribution in [0, 0.1) is 0 Å². The highest BCUT2D eigenvalue weighted by Gasteiger charge is 2.29. The highest BCUT2D eigenvalue weighted by atomic mass is 16.6. The highest BCUT2D eigenvalue weighted by molar-refractivity contribution is 5.69. The zero-order chi connectivity index (χ0) is 12.1. The van der Waals surface area contributed by atoms with Gasteiger partial charge in [-0.1, -0.05) is 13.3 Å². The van der Waals surface area contributed by atoms with Crippen LogP contribution in [0.5, 0.6) is 0 Å². The number of hydrogen-bond donors (Lipinski definition) is 2. The summed E-state index contributed by atoms with van der Waals surface area (Å²) in [7, 11) is 0. The van der Waals surface area contributed by atoms with E-state index in [0.29, 0.717) is 12.6 Å². The number of nitrogens with one attached hydrogen (secondary N) is 2. The summed E-state index contributed by atoms with van der Waals surface area (Å²) < 4.78 is 5.20. The van der Waals surface area contributed by atoms with E-state index in [-0.39, 0.29) is 12.2 Å². The minimum atomic E-state index is -0.268. The molecule has 0 saturated carbocycles. The summed E-state index contributed by atoms with van der Waals surface area (Å²) in [4.78, 5) is 13.5. The van der Waals surface area contributed by atoms with Gasteiger partial charge in [0.2, 0.25) is 0 Å². The van der Waals surface area contributed by atoms with Gasteiger partial charge in [0, 0.05) is 19.1 Å². The summed E-state index contributed by atoms with van der Waals surface area (Å²) in [5.74, 6) is 0. The molecule has 0 aromatic carbocycles. The maximum atomic E-state index is 11.0. The number of amides is 1. The molecule has 0 spiro atoms. The highest BCUT2D eigenvalue weighted by Crippen LogP contribution is 2.18. The van der Waals surface area contributed by atoms with E-state index in [0.717, 1.165) is 26.2 Å². The molecule has 1 amide bonds. The second-order valence-corrected chi connectivity index (χ2v) is 4.86. The number of nitrogens with zero attached hydrogens (tertiary/aromatic N) is 1. The number of carbonyl (C=O) groups is 1. The van der Waals surface area contributed by atoms with Crippen LogP contribution in [0.25, 0.3) is 0 Å². The van der Waals surface area contributed by atoms with Gasteiger partial charge in [-0.15, -0.1) is 0 Å². The quantitative estimate of drug-likeness (QED) is 0.738. The number of rotatable bonds is 5. The molecule has 2 atom stereocenters. The molecule has 2 rings (SSSR count). The van der Waals surface area contributed by atoms with Crippen molar-refractivity contribution in [2.24, 2.45) is 0 Å². The molecule has 2 aliphatic rings. The maximum absolute atomic E-state index is 11.0. The monoisotopic (exact) mass is 241 g/mol. The van der Waals surface area contributed by atoms with Gasteiger partial charge >= 0.3 is 6.09 Å². The predicted molar refractivity (Wildman–Crippen MR) is 66.0 cm³/mol. The van der Waals surface area contributed by atoms with Crippen molar-refractivity contribution in [2.45, 2.75) is 38.3 Å². The molecule has 2 saturated heterocycles. The molecule has 5 nitrogen and oxygen atoms in total. The van der Waals surface area contributed by atoms with Crippen molar-refractivity contribution < 1.29 is 9.53 Å². The van der Waals surface area contributed by atoms with E-state index >= 15 is 0 Å². The molecule has 98 valence electrons. The van der Waals surface area contributed by atoms with Crippen molar-refractivity contribution in [3.8, 4) is 0 Å². The van der Waals surface area contributed by atoms with E-state index in [2.05, 4.69) is 22.5 Å². The van der Waals surface area contributed by atoms with Gasteiger partial charge in [-0.25, -0.2) is 4.79 Å². The lowest BCUT2D eigenvalue weighted by Crippen LogP contribution is -2.48. The Morgan fingerprint density at radius 1 is 1.53 bits per heavy atom. The van der Waals surface area contributed by atoms with E-state index in [9.17, 15) is 4.79 Å². The average Bonchev–Trinajstić information content (AvgIpc) is 2.74. The Morgan fingerprint density at radius 3 is 3.12 bits per heavy atom. The third-order valence-electron chi connectivity index (χ3n) is 3.56. The van der Waals surface area contributed by atoms with E-state index in [1.165, 1.54) is 19.3 Å². The van der Waals surface area contributed by atoms with Crippen molar-refractivity contribution in [1.29, 1.82) is 0 Å². The molecule has 17 heavy (non-hydrogen) atoms. The molecule has 0 aromatic rings. The molecule has 2 heterocycles. The third kappa shape index (κ3) is 3.57. The number of likely N-dealkylation sites (tertiary alicyclic amines) is 1. The number of alkyl carbamates (subject to hydrolysis) is 1. The van der Waals surface area contributed by atoms with Crippen molar-refractivity contribution >= 4 is 6.09 Å². The van der Waals surface area contributed by atoms with E-state index in [1.807, 2.05) is 0 Å². The fraction of sp³-hybridized carbons (Fsp3) is 0.917. The van der Waals surface area contributed by atoms with Crippen LogP contribution in [0.15, 0.2) is 0 Å². The molecule has 0 radical (unpaired) electrons. The normalized spacial score (nSPS) is 30.1. The van der Waals surface area contributed by atoms with Gasteiger partial charge < -0.3 is 15.4 Å². The smallest absolute Gasteiger partial charge is 0.407 e. The van der Waals surface area contributed by atoms with Crippen molar-refractivity contribution in [3.05, 3.63) is 0 Å². The number of hydrogen-bond acceptors (Lipinski definition) is 4. The number of likely N-dealkylation sites (N-methyl/N-ethyl adjacent to an activating group) is 1. The Balaban J connectivity index is 1.81. The van der Waals surface area contributed by atoms with E-state index < -0.39 is 0 Å². The van der Waals surface area contributed by atoms with Crippen molar-refractivity contribution in [1.82, 2.24) is 15.5 Å². The first-order valence-electron chi connectivity index (χ1n) is 6.69. The van der Waals surface area contributed by atoms with Gasteiger partial charge in [-0.3, -0.25) is 4.90 Å². The third-order valence-corrected chi connectivity index (χ3v) is 3.56. The van der Waals surface area contributed by atoms with Crippen LogP contribution in [0.4, 0.5) is 4.79 Å². The Kier molecular flexibility index (Phi) is 4.62. The Morgan fingerprint density at radius 2 is 2.41 bits per heavy atom. The Bertz CT molecular complexity index is 260. The molecule has 2 aliphatic heterocycles. The molecular weight excluding hydrogens is 218 g/mol. The van der Waals surface area contributed by atoms with Crippen LogP contribution in [0.2, 0.25) is 0 Å². The minimum Gasteiger partial charge on any atom is -0.443 e. The van der Waals surface area contributed by atoms with Crippen LogP contribution in [0.1, 0.15) is 26.2 Å². The number of carbonyl (C=O) groups excluding carboxylic acids is 1. The summed E-state index contributed by atoms with van der Waals surface area (Å²) >= 11 is 0. The number of piperidine rings is 1. The molecule has 2 fully saturated rings. The summed E-state index contributed by atoms with van der Waals surface area (Å²) in [6, 6.07) is 0.600. The summed E-state index contributed by atoms with van der Waals surface area (Å²) in [5, 5.41) is 6.13. The summed E-state index contributed by atoms with van der Waals surface area (Å²) in [6.07, 6.45) is 3.59. The van der Waals surface area contributed by atoms with Crippen LogP contribution in [0.3, 0.4) is 0 Å². The van der Waals surface area contributed by atoms with Gasteiger partial charge in [0.15, 0.2) is 0 Å². The first kappa shape index (κ1) is 12.6. The van der Waals surface area contributed by atoms with Crippen LogP contribution in [-0.4, -0.2) is 55.9 Å².